The maximum absolute atomic E-state index is 13.3. The van der Waals surface area contributed by atoms with Crippen molar-refractivity contribution in [1.82, 2.24) is 5.32 Å². The van der Waals surface area contributed by atoms with Crippen molar-refractivity contribution in [1.29, 1.82) is 0 Å². The third-order valence-electron chi connectivity index (χ3n) is 3.09. The van der Waals surface area contributed by atoms with Gasteiger partial charge in [0.1, 0.15) is 5.82 Å². The zero-order chi connectivity index (χ0) is 11.9. The lowest BCUT2D eigenvalue weighted by molar-refractivity contribution is 0.546. The van der Waals surface area contributed by atoms with E-state index in [0.29, 0.717) is 22.5 Å². The maximum atomic E-state index is 13.3. The molecule has 16 heavy (non-hydrogen) atoms. The van der Waals surface area contributed by atoms with E-state index in [2.05, 4.69) is 12.2 Å². The van der Waals surface area contributed by atoms with Crippen LogP contribution in [-0.4, -0.2) is 6.04 Å². The minimum atomic E-state index is -0.418. The molecule has 3 unspecified atom stereocenters. The minimum Gasteiger partial charge on any atom is -0.307 e. The molecule has 0 heterocycles. The molecule has 1 aliphatic rings. The Morgan fingerprint density at radius 2 is 2.06 bits per heavy atom. The zero-order valence-corrected chi connectivity index (χ0v) is 10.7. The first kappa shape index (κ1) is 12.2. The number of hydrogen-bond donors (Lipinski definition) is 1. The Bertz CT molecular complexity index is 408. The van der Waals surface area contributed by atoms with E-state index in [1.807, 2.05) is 6.92 Å². The lowest BCUT2D eigenvalue weighted by Gasteiger charge is -2.17. The molecule has 0 aromatic heterocycles. The first-order chi connectivity index (χ1) is 7.50. The number of rotatable bonds is 3. The van der Waals surface area contributed by atoms with Crippen molar-refractivity contribution < 1.29 is 4.39 Å². The van der Waals surface area contributed by atoms with Gasteiger partial charge in [-0.1, -0.05) is 30.1 Å². The molecule has 1 aromatic carbocycles. The molecular weight excluding hydrogens is 248 g/mol. The van der Waals surface area contributed by atoms with Crippen LogP contribution in [0.4, 0.5) is 4.39 Å². The minimum absolute atomic E-state index is 0.0225. The molecule has 4 heteroatoms. The van der Waals surface area contributed by atoms with Crippen LogP contribution in [-0.2, 0) is 0 Å². The average molecular weight is 262 g/mol. The second kappa shape index (κ2) is 4.52. The molecule has 1 N–H and O–H groups in total. The molecule has 1 fully saturated rings. The van der Waals surface area contributed by atoms with Crippen molar-refractivity contribution in [2.75, 3.05) is 0 Å². The number of hydrogen-bond acceptors (Lipinski definition) is 1. The molecule has 1 aliphatic carbocycles. The van der Waals surface area contributed by atoms with Gasteiger partial charge >= 0.3 is 0 Å². The summed E-state index contributed by atoms with van der Waals surface area (Å²) < 4.78 is 13.3. The van der Waals surface area contributed by atoms with Crippen LogP contribution >= 0.6 is 23.2 Å². The van der Waals surface area contributed by atoms with Gasteiger partial charge in [-0.2, -0.15) is 0 Å². The van der Waals surface area contributed by atoms with Gasteiger partial charge in [-0.05, 0) is 31.4 Å². The Labute approximate surface area is 105 Å². The van der Waals surface area contributed by atoms with Crippen molar-refractivity contribution in [3.63, 3.8) is 0 Å². The van der Waals surface area contributed by atoms with Gasteiger partial charge < -0.3 is 5.32 Å². The first-order valence-corrected chi connectivity index (χ1v) is 6.15. The van der Waals surface area contributed by atoms with E-state index in [4.69, 9.17) is 23.2 Å². The first-order valence-electron chi connectivity index (χ1n) is 5.40. The van der Waals surface area contributed by atoms with Gasteiger partial charge in [0.25, 0.3) is 0 Å². The summed E-state index contributed by atoms with van der Waals surface area (Å²) in [5.74, 6) is 0.270. The van der Waals surface area contributed by atoms with Crippen LogP contribution in [0.15, 0.2) is 12.1 Å². The maximum Gasteiger partial charge on any atom is 0.142 e. The zero-order valence-electron chi connectivity index (χ0n) is 9.23. The third-order valence-corrected chi connectivity index (χ3v) is 3.80. The summed E-state index contributed by atoms with van der Waals surface area (Å²) in [7, 11) is 0. The third kappa shape index (κ3) is 2.34. The summed E-state index contributed by atoms with van der Waals surface area (Å²) in [6, 6.07) is 3.32. The summed E-state index contributed by atoms with van der Waals surface area (Å²) in [4.78, 5) is 0. The van der Waals surface area contributed by atoms with Crippen LogP contribution in [0.2, 0.25) is 10.0 Å². The molecule has 1 nitrogen and oxygen atoms in total. The molecular formula is C12H14Cl2FN. The predicted molar refractivity (Wildman–Crippen MR) is 65.5 cm³/mol. The molecule has 88 valence electrons. The highest BCUT2D eigenvalue weighted by molar-refractivity contribution is 6.36. The van der Waals surface area contributed by atoms with Crippen LogP contribution in [0, 0.1) is 11.7 Å². The summed E-state index contributed by atoms with van der Waals surface area (Å²) in [6.45, 7) is 4.14. The number of halogens is 3. The smallest absolute Gasteiger partial charge is 0.142 e. The molecule has 0 aliphatic heterocycles. The van der Waals surface area contributed by atoms with Crippen molar-refractivity contribution in [2.24, 2.45) is 5.92 Å². The Hall–Kier alpha value is -0.310. The summed E-state index contributed by atoms with van der Waals surface area (Å²) >= 11 is 12.0. The summed E-state index contributed by atoms with van der Waals surface area (Å²) in [5, 5.41) is 4.03. The second-order valence-electron chi connectivity index (χ2n) is 4.46. The largest absolute Gasteiger partial charge is 0.307 e. The van der Waals surface area contributed by atoms with Crippen molar-refractivity contribution in [3.05, 3.63) is 33.6 Å². The van der Waals surface area contributed by atoms with Crippen LogP contribution in [0.25, 0.3) is 0 Å². The molecule has 1 aromatic rings. The van der Waals surface area contributed by atoms with E-state index >= 15 is 0 Å². The molecule has 0 radical (unpaired) electrons. The Morgan fingerprint density at radius 1 is 1.44 bits per heavy atom. The highest BCUT2D eigenvalue weighted by Gasteiger charge is 2.34. The van der Waals surface area contributed by atoms with E-state index in [-0.39, 0.29) is 11.1 Å². The average Bonchev–Trinajstić information content (AvgIpc) is 2.89. The van der Waals surface area contributed by atoms with Crippen LogP contribution < -0.4 is 5.32 Å². The van der Waals surface area contributed by atoms with E-state index in [0.717, 1.165) is 6.42 Å². The van der Waals surface area contributed by atoms with Crippen molar-refractivity contribution in [2.45, 2.75) is 32.4 Å². The van der Waals surface area contributed by atoms with Crippen molar-refractivity contribution in [3.8, 4) is 0 Å². The van der Waals surface area contributed by atoms with Gasteiger partial charge in [-0.3, -0.25) is 0 Å². The predicted octanol–water partition coefficient (Wildman–Crippen LogP) is 4.19. The van der Waals surface area contributed by atoms with Gasteiger partial charge in [0.2, 0.25) is 0 Å². The normalized spacial score (nSPS) is 25.6. The molecule has 2 rings (SSSR count). The van der Waals surface area contributed by atoms with Gasteiger partial charge in [0.05, 0.1) is 5.02 Å². The second-order valence-corrected chi connectivity index (χ2v) is 5.25. The molecule has 0 amide bonds. The molecule has 0 saturated heterocycles. The van der Waals surface area contributed by atoms with Gasteiger partial charge in [-0.15, -0.1) is 0 Å². The van der Waals surface area contributed by atoms with Gasteiger partial charge in [-0.25, -0.2) is 4.39 Å². The summed E-state index contributed by atoms with van der Waals surface area (Å²) in [5.41, 5.74) is 0.655. The topological polar surface area (TPSA) is 12.0 Å². The van der Waals surface area contributed by atoms with Crippen LogP contribution in [0.5, 0.6) is 0 Å². The lowest BCUT2D eigenvalue weighted by Crippen LogP contribution is -2.22. The van der Waals surface area contributed by atoms with Crippen LogP contribution in [0.1, 0.15) is 31.9 Å². The molecule has 3 atom stereocenters. The Morgan fingerprint density at radius 3 is 2.62 bits per heavy atom. The highest BCUT2D eigenvalue weighted by atomic mass is 35.5. The fourth-order valence-electron chi connectivity index (χ4n) is 1.90. The van der Waals surface area contributed by atoms with E-state index in [1.165, 1.54) is 6.07 Å². The summed E-state index contributed by atoms with van der Waals surface area (Å²) in [6.07, 6.45) is 1.16. The Balaban J connectivity index is 2.21. The van der Waals surface area contributed by atoms with Crippen LogP contribution in [0.3, 0.4) is 0 Å². The Kier molecular flexibility index (Phi) is 3.43. The lowest BCUT2D eigenvalue weighted by atomic mass is 10.1. The quantitative estimate of drug-likeness (QED) is 0.805. The SMILES string of the molecule is CC(NC1CC1C)c1c(Cl)ccc(F)c1Cl. The number of nitrogens with one attached hydrogen (secondary N) is 1. The monoisotopic (exact) mass is 261 g/mol. The van der Waals surface area contributed by atoms with Gasteiger partial charge in [0.15, 0.2) is 0 Å². The molecule has 0 bridgehead atoms. The van der Waals surface area contributed by atoms with E-state index in [1.54, 1.807) is 6.07 Å². The van der Waals surface area contributed by atoms with E-state index < -0.39 is 5.82 Å². The van der Waals surface area contributed by atoms with E-state index in [9.17, 15) is 4.39 Å². The molecule has 0 spiro atoms. The fraction of sp³-hybridized carbons (Fsp3) is 0.500. The number of benzene rings is 1. The molecule has 1 saturated carbocycles. The van der Waals surface area contributed by atoms with Crippen molar-refractivity contribution >= 4 is 23.2 Å². The highest BCUT2D eigenvalue weighted by Crippen LogP contribution is 2.36. The standard InChI is InChI=1S/C12H14Cl2FN/c1-6-5-10(6)16-7(2)11-8(13)3-4-9(15)12(11)14/h3-4,6-7,10,16H,5H2,1-2H3. The fourth-order valence-corrected chi connectivity index (χ4v) is 2.60. The van der Waals surface area contributed by atoms with Gasteiger partial charge in [0, 0.05) is 22.7 Å².